The van der Waals surface area contributed by atoms with E-state index in [1.165, 1.54) is 12.3 Å². The van der Waals surface area contributed by atoms with Crippen LogP contribution in [0.4, 0.5) is 0 Å². The molecule has 0 fully saturated rings. The highest BCUT2D eigenvalue weighted by atomic mass is 35.5. The first-order valence-corrected chi connectivity index (χ1v) is 6.48. The lowest BCUT2D eigenvalue weighted by Crippen LogP contribution is -2.45. The van der Waals surface area contributed by atoms with Crippen molar-refractivity contribution in [1.29, 1.82) is 0 Å². The summed E-state index contributed by atoms with van der Waals surface area (Å²) in [5.74, 6) is -0.187. The summed E-state index contributed by atoms with van der Waals surface area (Å²) in [5, 5.41) is 5.68. The molecule has 0 aromatic carbocycles. The number of hydrogen-bond acceptors (Lipinski definition) is 3. The molecule has 6 heteroatoms. The molecule has 0 bridgehead atoms. The van der Waals surface area contributed by atoms with Gasteiger partial charge in [0.25, 0.3) is 5.91 Å². The van der Waals surface area contributed by atoms with E-state index in [9.17, 15) is 9.59 Å². The van der Waals surface area contributed by atoms with Crippen molar-refractivity contribution in [1.82, 2.24) is 15.6 Å². The molecule has 2 N–H and O–H groups in total. The van der Waals surface area contributed by atoms with Crippen molar-refractivity contribution in [2.75, 3.05) is 6.54 Å². The van der Waals surface area contributed by atoms with Gasteiger partial charge in [-0.15, -0.1) is 0 Å². The van der Waals surface area contributed by atoms with Gasteiger partial charge in [-0.25, -0.2) is 4.98 Å². The van der Waals surface area contributed by atoms with Crippen molar-refractivity contribution in [3.05, 3.63) is 29.0 Å². The molecule has 19 heavy (non-hydrogen) atoms. The van der Waals surface area contributed by atoms with Gasteiger partial charge in [-0.2, -0.15) is 0 Å². The number of carbonyl (C=O) groups is 2. The molecule has 0 aliphatic carbocycles. The summed E-state index contributed by atoms with van der Waals surface area (Å²) >= 11 is 5.64. The van der Waals surface area contributed by atoms with Gasteiger partial charge < -0.3 is 10.6 Å². The number of rotatable bonds is 5. The fourth-order valence-corrected chi connectivity index (χ4v) is 1.43. The summed E-state index contributed by atoms with van der Waals surface area (Å²) in [7, 11) is 0. The maximum absolute atomic E-state index is 11.8. The monoisotopic (exact) mass is 283 g/mol. The molecule has 0 radical (unpaired) electrons. The van der Waals surface area contributed by atoms with Gasteiger partial charge in [-0.1, -0.05) is 25.4 Å². The number of nitrogens with one attached hydrogen (secondary N) is 2. The summed E-state index contributed by atoms with van der Waals surface area (Å²) in [4.78, 5) is 27.4. The summed E-state index contributed by atoms with van der Waals surface area (Å²) in [6.07, 6.45) is 1.37. The van der Waals surface area contributed by atoms with E-state index < -0.39 is 6.04 Å². The molecule has 0 aliphatic rings. The van der Waals surface area contributed by atoms with Crippen molar-refractivity contribution < 1.29 is 9.59 Å². The van der Waals surface area contributed by atoms with Gasteiger partial charge in [-0.05, 0) is 25.0 Å². The van der Waals surface area contributed by atoms with Crippen LogP contribution in [0.5, 0.6) is 0 Å². The third-order valence-corrected chi connectivity index (χ3v) is 2.64. The molecule has 0 aliphatic heterocycles. The second kappa shape index (κ2) is 7.09. The lowest BCUT2D eigenvalue weighted by molar-refractivity contribution is -0.122. The summed E-state index contributed by atoms with van der Waals surface area (Å²) in [5.41, 5.74) is 0.368. The number of hydrogen-bond donors (Lipinski definition) is 2. The van der Waals surface area contributed by atoms with Crippen LogP contribution in [-0.4, -0.2) is 29.4 Å². The van der Waals surface area contributed by atoms with E-state index in [0.717, 1.165) is 0 Å². The molecule has 1 atom stereocenters. The van der Waals surface area contributed by atoms with E-state index in [-0.39, 0.29) is 11.8 Å². The molecule has 0 spiro atoms. The molecule has 104 valence electrons. The van der Waals surface area contributed by atoms with Crippen LogP contribution in [0.3, 0.4) is 0 Å². The zero-order valence-electron chi connectivity index (χ0n) is 11.2. The fraction of sp³-hybridized carbons (Fsp3) is 0.462. The van der Waals surface area contributed by atoms with Gasteiger partial charge in [0.05, 0.1) is 5.56 Å². The van der Waals surface area contributed by atoms with Gasteiger partial charge in [0.15, 0.2) is 0 Å². The number of aromatic nitrogens is 1. The number of pyridine rings is 1. The van der Waals surface area contributed by atoms with Gasteiger partial charge in [-0.3, -0.25) is 9.59 Å². The third-order valence-electron chi connectivity index (χ3n) is 2.42. The SMILES string of the molecule is CC(C)CNC(=O)C(C)NC(=O)c1ccc(Cl)nc1. The molecule has 1 aromatic rings. The molecule has 0 saturated carbocycles. The Bertz CT molecular complexity index is 446. The molecule has 1 aromatic heterocycles. The van der Waals surface area contributed by atoms with Crippen LogP contribution in [0, 0.1) is 5.92 Å². The van der Waals surface area contributed by atoms with Crippen molar-refractivity contribution in [2.24, 2.45) is 5.92 Å². The minimum atomic E-state index is -0.595. The number of amides is 2. The van der Waals surface area contributed by atoms with Gasteiger partial charge in [0, 0.05) is 12.7 Å². The lowest BCUT2D eigenvalue weighted by atomic mass is 10.2. The van der Waals surface area contributed by atoms with Crippen LogP contribution in [0.2, 0.25) is 5.15 Å². The van der Waals surface area contributed by atoms with Crippen molar-refractivity contribution in [3.63, 3.8) is 0 Å². The Hall–Kier alpha value is -1.62. The van der Waals surface area contributed by atoms with Crippen LogP contribution >= 0.6 is 11.6 Å². The number of halogens is 1. The maximum atomic E-state index is 11.8. The third kappa shape index (κ3) is 5.26. The number of nitrogens with zero attached hydrogens (tertiary/aromatic N) is 1. The van der Waals surface area contributed by atoms with Crippen LogP contribution < -0.4 is 10.6 Å². The molecule has 1 rings (SSSR count). The van der Waals surface area contributed by atoms with Crippen molar-refractivity contribution in [3.8, 4) is 0 Å². The quantitative estimate of drug-likeness (QED) is 0.807. The highest BCUT2D eigenvalue weighted by molar-refractivity contribution is 6.29. The molecule has 1 unspecified atom stereocenters. The van der Waals surface area contributed by atoms with Crippen LogP contribution in [0.25, 0.3) is 0 Å². The molecular formula is C13H18ClN3O2. The molecule has 1 heterocycles. The predicted molar refractivity (Wildman–Crippen MR) is 74.0 cm³/mol. The van der Waals surface area contributed by atoms with Crippen LogP contribution in [-0.2, 0) is 4.79 Å². The van der Waals surface area contributed by atoms with Crippen LogP contribution in [0.15, 0.2) is 18.3 Å². The average Bonchev–Trinajstić information content (AvgIpc) is 2.36. The van der Waals surface area contributed by atoms with E-state index in [0.29, 0.717) is 23.2 Å². The van der Waals surface area contributed by atoms with E-state index in [1.54, 1.807) is 13.0 Å². The van der Waals surface area contributed by atoms with E-state index in [1.807, 2.05) is 13.8 Å². The largest absolute Gasteiger partial charge is 0.354 e. The van der Waals surface area contributed by atoms with Gasteiger partial charge in [0.2, 0.25) is 5.91 Å². The fourth-order valence-electron chi connectivity index (χ4n) is 1.31. The number of carbonyl (C=O) groups excluding carboxylic acids is 2. The normalized spacial score (nSPS) is 12.1. The maximum Gasteiger partial charge on any atom is 0.253 e. The first kappa shape index (κ1) is 15.4. The lowest BCUT2D eigenvalue weighted by Gasteiger charge is -2.15. The predicted octanol–water partition coefficient (Wildman–Crippen LogP) is 1.63. The summed E-state index contributed by atoms with van der Waals surface area (Å²) in [6, 6.07) is 2.49. The molecule has 5 nitrogen and oxygen atoms in total. The minimum Gasteiger partial charge on any atom is -0.354 e. The van der Waals surface area contributed by atoms with Gasteiger partial charge in [0.1, 0.15) is 11.2 Å². The van der Waals surface area contributed by atoms with Crippen molar-refractivity contribution in [2.45, 2.75) is 26.8 Å². The Morgan fingerprint density at radius 3 is 2.53 bits per heavy atom. The molecule has 2 amide bonds. The van der Waals surface area contributed by atoms with E-state index in [2.05, 4.69) is 15.6 Å². The van der Waals surface area contributed by atoms with E-state index in [4.69, 9.17) is 11.6 Å². The minimum absolute atomic E-state index is 0.205. The standard InChI is InChI=1S/C13H18ClN3O2/c1-8(2)6-16-12(18)9(3)17-13(19)10-4-5-11(14)15-7-10/h4-5,7-9H,6H2,1-3H3,(H,16,18)(H,17,19). The Morgan fingerprint density at radius 1 is 1.32 bits per heavy atom. The average molecular weight is 284 g/mol. The van der Waals surface area contributed by atoms with E-state index >= 15 is 0 Å². The first-order chi connectivity index (χ1) is 8.90. The molecule has 0 saturated heterocycles. The highest BCUT2D eigenvalue weighted by Crippen LogP contribution is 2.05. The Balaban J connectivity index is 2.51. The molecular weight excluding hydrogens is 266 g/mol. The summed E-state index contributed by atoms with van der Waals surface area (Å²) in [6.45, 7) is 6.23. The summed E-state index contributed by atoms with van der Waals surface area (Å²) < 4.78 is 0. The Labute approximate surface area is 117 Å². The van der Waals surface area contributed by atoms with Crippen molar-refractivity contribution >= 4 is 23.4 Å². The second-order valence-corrected chi connectivity index (χ2v) is 5.09. The van der Waals surface area contributed by atoms with Crippen LogP contribution in [0.1, 0.15) is 31.1 Å². The Morgan fingerprint density at radius 2 is 2.00 bits per heavy atom. The topological polar surface area (TPSA) is 71.1 Å². The Kier molecular flexibility index (Phi) is 5.76. The zero-order chi connectivity index (χ0) is 14.4. The zero-order valence-corrected chi connectivity index (χ0v) is 12.0. The first-order valence-electron chi connectivity index (χ1n) is 6.10. The second-order valence-electron chi connectivity index (χ2n) is 4.70. The van der Waals surface area contributed by atoms with Gasteiger partial charge >= 0.3 is 0 Å². The smallest absolute Gasteiger partial charge is 0.253 e. The highest BCUT2D eigenvalue weighted by Gasteiger charge is 2.16.